The Morgan fingerprint density at radius 3 is 1.06 bits per heavy atom. The van der Waals surface area contributed by atoms with Crippen LogP contribution in [0.3, 0.4) is 0 Å². The van der Waals surface area contributed by atoms with Gasteiger partial charge in [-0.2, -0.15) is 9.83 Å². The van der Waals surface area contributed by atoms with Crippen molar-refractivity contribution < 1.29 is 97.2 Å². The second-order valence-electron chi connectivity index (χ2n) is 13.2. The van der Waals surface area contributed by atoms with E-state index in [0.717, 1.165) is 10.2 Å². The number of hydrogen-bond acceptors (Lipinski definition) is 3. The van der Waals surface area contributed by atoms with Crippen LogP contribution in [0.15, 0.2) is 54.0 Å². The summed E-state index contributed by atoms with van der Waals surface area (Å²) in [6.07, 6.45) is -7.22. The molecule has 0 aliphatic heterocycles. The van der Waals surface area contributed by atoms with Gasteiger partial charge in [0.2, 0.25) is 23.4 Å². The third kappa shape index (κ3) is 7.28. The first-order valence-electron chi connectivity index (χ1n) is 17.1. The minimum atomic E-state index is -7.22. The molecular formula is C40H11BF20N2OS. The lowest BCUT2D eigenvalue weighted by atomic mass is 9.12. The topological polar surface area (TPSA) is 44.7 Å². The Labute approximate surface area is 351 Å². The molecule has 0 spiro atoms. The molecule has 65 heavy (non-hydrogen) atoms. The highest BCUT2D eigenvalue weighted by atomic mass is 32.1. The van der Waals surface area contributed by atoms with Gasteiger partial charge in [0.15, 0.2) is 69.8 Å². The van der Waals surface area contributed by atoms with Crippen LogP contribution in [-0.4, -0.2) is 11.9 Å². The number of carbonyl (C=O) groups is 1. The van der Waals surface area contributed by atoms with Gasteiger partial charge in [0.25, 0.3) is 0 Å². The lowest BCUT2D eigenvalue weighted by Gasteiger charge is -2.44. The smallest absolute Gasteiger partial charge is 0.241 e. The molecule has 0 fully saturated rings. The molecule has 1 heterocycles. The number of Topliss-reactive ketones (excluding diaryl/α,β-unsaturated/α-hetero) is 1. The van der Waals surface area contributed by atoms with Gasteiger partial charge in [-0.3, -0.25) is 4.79 Å². The van der Waals surface area contributed by atoms with Gasteiger partial charge in [0.1, 0.15) is 69.0 Å². The third-order valence-corrected chi connectivity index (χ3v) is 10.8. The number of halogens is 20. The molecule has 0 amide bonds. The molecule has 0 N–H and O–H groups in total. The summed E-state index contributed by atoms with van der Waals surface area (Å²) in [7, 11) is 0. The lowest BCUT2D eigenvalue weighted by molar-refractivity contribution is -0.652. The molecule has 0 saturated carbocycles. The number of hydrogen-bond donors (Lipinski definition) is 0. The summed E-state index contributed by atoms with van der Waals surface area (Å²) in [6, 6.07) is 17.0. The summed E-state index contributed by atoms with van der Waals surface area (Å²) < 4.78 is 297. The number of fused-ring (bicyclic) bond motifs is 1. The SMILES string of the molecule is Fc1c(F)c(F)c([B-](c2c(F)c(F)c(F)c(F)c2F)(c2c(F)c(F)c(F)c(F)c2F)c2c(F)c(F)c(F)c(F)c2F)c(F)c1F.N#Cc1cccc2sc[n+](CC(=O)c3ccccc3)c12. The van der Waals surface area contributed by atoms with Gasteiger partial charge in [-0.15, -0.1) is 21.9 Å². The van der Waals surface area contributed by atoms with Crippen molar-refractivity contribution in [1.29, 1.82) is 5.26 Å². The Balaban J connectivity index is 0.000000289. The molecule has 0 unspecified atom stereocenters. The standard InChI is InChI=1S/C24BF20.C16H11N2OS/c26-5-1(6(27)14(35)21(42)13(5)34)25(2-7(28)15(36)22(43)16(37)8(2)29,3-9(30)17(38)23(44)18(39)10(3)31)4-11(32)19(40)24(45)20(41)12(4)33;17-9-13-7-4-8-15-16(13)18(11-20-15)10-14(19)12-5-2-1-3-6-12/h;1-8,11H,10H2/q-1;+1. The van der Waals surface area contributed by atoms with Gasteiger partial charge in [0.05, 0.1) is 0 Å². The zero-order valence-electron chi connectivity index (χ0n) is 30.8. The molecule has 0 saturated heterocycles. The minimum Gasteiger partial charge on any atom is -0.287 e. The molecule has 7 rings (SSSR count). The number of nitrogens with zero attached hydrogens (tertiary/aromatic N) is 2. The number of benzene rings is 6. The van der Waals surface area contributed by atoms with E-state index in [9.17, 15) is 62.7 Å². The molecule has 7 aromatic rings. The number of nitriles is 1. The first kappa shape index (κ1) is 47.5. The molecule has 25 heteroatoms. The van der Waals surface area contributed by atoms with Crippen LogP contribution in [0.1, 0.15) is 15.9 Å². The van der Waals surface area contributed by atoms with Gasteiger partial charge in [-0.05, 0) is 12.1 Å². The fraction of sp³-hybridized carbons (Fsp3) is 0.0250. The predicted octanol–water partition coefficient (Wildman–Crippen LogP) is 8.79. The number of rotatable bonds is 7. The highest BCUT2D eigenvalue weighted by Gasteiger charge is 2.52. The molecule has 1 aromatic heterocycles. The third-order valence-electron chi connectivity index (χ3n) is 9.83. The van der Waals surface area contributed by atoms with Crippen molar-refractivity contribution in [2.75, 3.05) is 0 Å². The van der Waals surface area contributed by atoms with Gasteiger partial charge in [0, 0.05) is 5.56 Å². The molecule has 0 bridgehead atoms. The molecule has 6 aromatic carbocycles. The summed E-state index contributed by atoms with van der Waals surface area (Å²) in [4.78, 5) is 12.3. The van der Waals surface area contributed by atoms with Crippen LogP contribution in [0.4, 0.5) is 87.8 Å². The summed E-state index contributed by atoms with van der Waals surface area (Å²) in [5.41, 5.74) is -10.3. The molecule has 0 aliphatic rings. The number of ketones is 1. The van der Waals surface area contributed by atoms with E-state index in [4.69, 9.17) is 0 Å². The lowest BCUT2D eigenvalue weighted by Crippen LogP contribution is -2.81. The largest absolute Gasteiger partial charge is 0.287 e. The molecule has 3 nitrogen and oxygen atoms in total. The Hall–Kier alpha value is -6.97. The Morgan fingerprint density at radius 2 is 0.754 bits per heavy atom. The van der Waals surface area contributed by atoms with Crippen LogP contribution in [0, 0.1) is 128 Å². The van der Waals surface area contributed by atoms with E-state index in [1.165, 1.54) is 0 Å². The first-order chi connectivity index (χ1) is 30.5. The van der Waals surface area contributed by atoms with Gasteiger partial charge in [-0.1, -0.05) is 47.7 Å². The Morgan fingerprint density at radius 1 is 0.446 bits per heavy atom. The van der Waals surface area contributed by atoms with Crippen LogP contribution < -0.4 is 26.4 Å². The van der Waals surface area contributed by atoms with E-state index in [-0.39, 0.29) is 12.3 Å². The van der Waals surface area contributed by atoms with Gasteiger partial charge in [-0.25, -0.2) is 87.8 Å². The van der Waals surface area contributed by atoms with Crippen molar-refractivity contribution in [1.82, 2.24) is 0 Å². The highest BCUT2D eigenvalue weighted by molar-refractivity contribution is 7.20. The zero-order chi connectivity index (χ0) is 48.3. The first-order valence-corrected chi connectivity index (χ1v) is 18.0. The maximum Gasteiger partial charge on any atom is 0.241 e. The molecule has 0 atom stereocenters. The fourth-order valence-electron chi connectivity index (χ4n) is 7.04. The van der Waals surface area contributed by atoms with E-state index >= 15 is 35.1 Å². The van der Waals surface area contributed by atoms with Crippen LogP contribution in [0.25, 0.3) is 10.2 Å². The average Bonchev–Trinajstić information content (AvgIpc) is 3.72. The van der Waals surface area contributed by atoms with E-state index in [2.05, 4.69) is 6.07 Å². The van der Waals surface area contributed by atoms with Gasteiger partial charge >= 0.3 is 0 Å². The summed E-state index contributed by atoms with van der Waals surface area (Å²) in [5.74, 6) is -71.4. The van der Waals surface area contributed by atoms with E-state index < -0.39 is 144 Å². The normalized spacial score (nSPS) is 11.5. The molecule has 336 valence electrons. The second kappa shape index (κ2) is 17.5. The van der Waals surface area contributed by atoms with Crippen LogP contribution in [0.5, 0.6) is 0 Å². The zero-order valence-corrected chi connectivity index (χ0v) is 31.6. The van der Waals surface area contributed by atoms with E-state index in [1.54, 1.807) is 17.4 Å². The number of aromatic nitrogens is 1. The Bertz CT molecular complexity index is 2790. The Kier molecular flexibility index (Phi) is 12.8. The van der Waals surface area contributed by atoms with Crippen molar-refractivity contribution >= 4 is 55.3 Å². The monoisotopic (exact) mass is 958 g/mol. The quantitative estimate of drug-likeness (QED) is 0.0401. The summed E-state index contributed by atoms with van der Waals surface area (Å²) >= 11 is 1.54. The maximum atomic E-state index is 15.4. The van der Waals surface area contributed by atoms with Crippen molar-refractivity contribution in [3.05, 3.63) is 182 Å². The van der Waals surface area contributed by atoms with Crippen molar-refractivity contribution in [2.24, 2.45) is 0 Å². The molecular weight excluding hydrogens is 947 g/mol. The number of carbonyl (C=O) groups excluding carboxylic acids is 1. The van der Waals surface area contributed by atoms with Crippen molar-refractivity contribution in [3.8, 4) is 6.07 Å². The van der Waals surface area contributed by atoms with Crippen LogP contribution in [0.2, 0.25) is 0 Å². The number of para-hydroxylation sites is 1. The van der Waals surface area contributed by atoms with E-state index in [0.29, 0.717) is 11.1 Å². The summed E-state index contributed by atoms with van der Waals surface area (Å²) in [5, 5.41) is 9.19. The average molecular weight is 958 g/mol. The molecule has 0 radical (unpaired) electrons. The van der Waals surface area contributed by atoms with Crippen LogP contribution >= 0.6 is 11.3 Å². The molecule has 0 aliphatic carbocycles. The van der Waals surface area contributed by atoms with Crippen LogP contribution in [-0.2, 0) is 6.54 Å². The second-order valence-corrected chi connectivity index (χ2v) is 14.1. The van der Waals surface area contributed by atoms with Gasteiger partial charge < -0.3 is 0 Å². The van der Waals surface area contributed by atoms with Crippen molar-refractivity contribution in [3.63, 3.8) is 0 Å². The van der Waals surface area contributed by atoms with Crippen molar-refractivity contribution in [2.45, 2.75) is 6.54 Å². The summed E-state index contributed by atoms with van der Waals surface area (Å²) in [6.45, 7) is 0.253. The minimum absolute atomic E-state index is 0.0445. The fourth-order valence-corrected chi connectivity index (χ4v) is 7.95. The number of thiazole rings is 1. The maximum absolute atomic E-state index is 15.4. The predicted molar refractivity (Wildman–Crippen MR) is 187 cm³/mol. The highest BCUT2D eigenvalue weighted by Crippen LogP contribution is 2.31. The van der Waals surface area contributed by atoms with E-state index in [1.807, 2.05) is 52.5 Å².